The predicted octanol–water partition coefficient (Wildman–Crippen LogP) is 3.76. The summed E-state index contributed by atoms with van der Waals surface area (Å²) in [6, 6.07) is 11.8. The van der Waals surface area contributed by atoms with Crippen molar-refractivity contribution in [2.24, 2.45) is 0 Å². The molecule has 0 radical (unpaired) electrons. The van der Waals surface area contributed by atoms with Crippen molar-refractivity contribution in [3.8, 4) is 17.2 Å². The number of rotatable bonds is 11. The molecule has 1 N–H and O–H groups in total. The van der Waals surface area contributed by atoms with Gasteiger partial charge in [0.25, 0.3) is 0 Å². The summed E-state index contributed by atoms with van der Waals surface area (Å²) in [6.07, 6.45) is 4.61. The van der Waals surface area contributed by atoms with Crippen LogP contribution in [0.4, 0.5) is 0 Å². The van der Waals surface area contributed by atoms with Gasteiger partial charge in [-0.3, -0.25) is 9.69 Å². The molecule has 3 aromatic rings. The van der Waals surface area contributed by atoms with Crippen LogP contribution in [0, 0.1) is 20.8 Å². The summed E-state index contributed by atoms with van der Waals surface area (Å²) in [7, 11) is 1.64. The third-order valence-corrected chi connectivity index (χ3v) is 7.48. The second kappa shape index (κ2) is 13.2. The number of benzene rings is 2. The van der Waals surface area contributed by atoms with E-state index in [9.17, 15) is 9.90 Å². The van der Waals surface area contributed by atoms with Crippen molar-refractivity contribution in [1.29, 1.82) is 0 Å². The normalized spacial score (nSPS) is 17.9. The first kappa shape index (κ1) is 29.4. The molecule has 1 aliphatic heterocycles. The van der Waals surface area contributed by atoms with Gasteiger partial charge in [-0.1, -0.05) is 12.1 Å². The quantitative estimate of drug-likeness (QED) is 0.364. The van der Waals surface area contributed by atoms with Crippen LogP contribution in [0.3, 0.4) is 0 Å². The molecule has 216 valence electrons. The lowest BCUT2D eigenvalue weighted by Gasteiger charge is -2.33. The first-order chi connectivity index (χ1) is 19.2. The first-order valence-corrected chi connectivity index (χ1v) is 13.8. The fourth-order valence-electron chi connectivity index (χ4n) is 5.01. The van der Waals surface area contributed by atoms with Crippen LogP contribution >= 0.6 is 0 Å². The summed E-state index contributed by atoms with van der Waals surface area (Å²) < 4.78 is 19.8. The molecule has 1 aliphatic rings. The molecule has 9 nitrogen and oxygen atoms in total. The number of aromatic nitrogens is 2. The average Bonchev–Trinajstić information content (AvgIpc) is 3.25. The molecule has 1 aromatic heterocycles. The largest absolute Gasteiger partial charge is 0.493 e. The predicted molar refractivity (Wildman–Crippen MR) is 154 cm³/mol. The summed E-state index contributed by atoms with van der Waals surface area (Å²) >= 11 is 0. The Morgan fingerprint density at radius 3 is 2.55 bits per heavy atom. The number of nitrogens with zero attached hydrogens (tertiary/aromatic N) is 4. The molecule has 1 saturated heterocycles. The van der Waals surface area contributed by atoms with Crippen molar-refractivity contribution in [2.75, 3.05) is 46.5 Å². The molecule has 4 rings (SSSR count). The minimum atomic E-state index is -1.22. The van der Waals surface area contributed by atoms with Crippen molar-refractivity contribution >= 4 is 5.91 Å². The van der Waals surface area contributed by atoms with Gasteiger partial charge in [0.1, 0.15) is 23.8 Å². The third kappa shape index (κ3) is 7.76. The van der Waals surface area contributed by atoms with Crippen LogP contribution in [0.25, 0.3) is 0 Å². The van der Waals surface area contributed by atoms with Gasteiger partial charge < -0.3 is 28.8 Å². The van der Waals surface area contributed by atoms with Gasteiger partial charge in [0.05, 0.1) is 20.3 Å². The second-order valence-electron chi connectivity index (χ2n) is 10.8. The second-order valence-corrected chi connectivity index (χ2v) is 10.8. The topological polar surface area (TPSA) is 89.3 Å². The first-order valence-electron chi connectivity index (χ1n) is 13.8. The molecule has 0 bridgehead atoms. The summed E-state index contributed by atoms with van der Waals surface area (Å²) in [5, 5.41) is 11.7. The smallest absolute Gasteiger partial charge is 0.219 e. The Labute approximate surface area is 237 Å². The van der Waals surface area contributed by atoms with E-state index in [0.717, 1.165) is 29.9 Å². The lowest BCUT2D eigenvalue weighted by molar-refractivity contribution is -0.132. The van der Waals surface area contributed by atoms with E-state index in [4.69, 9.17) is 14.2 Å². The van der Waals surface area contributed by atoms with E-state index < -0.39 is 5.60 Å². The molecule has 1 unspecified atom stereocenters. The fraction of sp³-hybridized carbons (Fsp3) is 0.484. The minimum absolute atomic E-state index is 0.0579. The Bertz CT molecular complexity index is 1290. The van der Waals surface area contributed by atoms with Crippen LogP contribution in [0.2, 0.25) is 0 Å². The van der Waals surface area contributed by atoms with Gasteiger partial charge in [-0.25, -0.2) is 4.98 Å². The zero-order valence-electron chi connectivity index (χ0n) is 24.4. The summed E-state index contributed by atoms with van der Waals surface area (Å²) in [4.78, 5) is 20.4. The summed E-state index contributed by atoms with van der Waals surface area (Å²) in [5.41, 5.74) is 2.13. The lowest BCUT2D eigenvalue weighted by atomic mass is 10.0. The SMILES string of the molecule is COc1ccc(CN2CCN(C(C)=O)CC(O)(COc3ccc(C)c(C)c3)C2)cc1OCCCn1ccnc1C. The Kier molecular flexibility index (Phi) is 9.71. The Balaban J connectivity index is 1.42. The molecule has 0 spiro atoms. The maximum absolute atomic E-state index is 12.3. The number of β-amino-alcohol motifs (C(OH)–C–C–N with tert-alkyl or cyclic N) is 1. The fourth-order valence-corrected chi connectivity index (χ4v) is 5.01. The molecule has 40 heavy (non-hydrogen) atoms. The molecule has 2 heterocycles. The number of ether oxygens (including phenoxy) is 3. The third-order valence-electron chi connectivity index (χ3n) is 7.48. The van der Waals surface area contributed by atoms with Crippen LogP contribution in [-0.4, -0.2) is 82.5 Å². The molecular formula is C31H42N4O5. The molecule has 1 fully saturated rings. The summed E-state index contributed by atoms with van der Waals surface area (Å²) in [6.45, 7) is 11.4. The molecule has 0 aliphatic carbocycles. The highest BCUT2D eigenvalue weighted by molar-refractivity contribution is 5.73. The van der Waals surface area contributed by atoms with E-state index in [0.29, 0.717) is 50.0 Å². The number of aliphatic hydroxyl groups is 1. The van der Waals surface area contributed by atoms with Crippen molar-refractivity contribution in [2.45, 2.75) is 52.8 Å². The van der Waals surface area contributed by atoms with Crippen LogP contribution < -0.4 is 14.2 Å². The highest BCUT2D eigenvalue weighted by atomic mass is 16.5. The van der Waals surface area contributed by atoms with Gasteiger partial charge in [-0.2, -0.15) is 0 Å². The van der Waals surface area contributed by atoms with E-state index in [2.05, 4.69) is 21.4 Å². The number of methoxy groups -OCH3 is 1. The number of carbonyl (C=O) groups excluding carboxylic acids is 1. The number of amides is 1. The molecule has 1 atom stereocenters. The van der Waals surface area contributed by atoms with Crippen molar-refractivity contribution in [1.82, 2.24) is 19.4 Å². The number of hydrogen-bond donors (Lipinski definition) is 1. The van der Waals surface area contributed by atoms with E-state index in [-0.39, 0.29) is 19.1 Å². The van der Waals surface area contributed by atoms with Gasteiger partial charge >= 0.3 is 0 Å². The number of aryl methyl sites for hydroxylation is 4. The molecule has 2 aromatic carbocycles. The van der Waals surface area contributed by atoms with Crippen LogP contribution in [0.5, 0.6) is 17.2 Å². The Morgan fingerprint density at radius 1 is 1.02 bits per heavy atom. The van der Waals surface area contributed by atoms with Crippen molar-refractivity contribution < 1.29 is 24.1 Å². The van der Waals surface area contributed by atoms with Crippen molar-refractivity contribution in [3.63, 3.8) is 0 Å². The maximum Gasteiger partial charge on any atom is 0.219 e. The zero-order chi connectivity index (χ0) is 28.7. The molecule has 9 heteroatoms. The van der Waals surface area contributed by atoms with Crippen LogP contribution in [0.1, 0.15) is 35.9 Å². The standard InChI is InChI=1S/C31H42N4O5/c1-23-7-9-28(17-24(23)2)40-22-31(37)20-33(14-15-35(21-31)26(4)36)19-27-8-10-29(38-5)30(18-27)39-16-6-12-34-13-11-32-25(34)3/h7-11,13,17-18,37H,6,12,14-16,19-22H2,1-5H3. The van der Waals surface area contributed by atoms with Gasteiger partial charge in [0.15, 0.2) is 11.5 Å². The number of carbonyl (C=O) groups is 1. The van der Waals surface area contributed by atoms with Gasteiger partial charge in [0, 0.05) is 52.0 Å². The Morgan fingerprint density at radius 2 is 1.85 bits per heavy atom. The summed E-state index contributed by atoms with van der Waals surface area (Å²) in [5.74, 6) is 3.01. The van der Waals surface area contributed by atoms with E-state index >= 15 is 0 Å². The maximum atomic E-state index is 12.3. The van der Waals surface area contributed by atoms with Gasteiger partial charge in [0.2, 0.25) is 5.91 Å². The van der Waals surface area contributed by atoms with Crippen LogP contribution in [-0.2, 0) is 17.9 Å². The monoisotopic (exact) mass is 550 g/mol. The average molecular weight is 551 g/mol. The van der Waals surface area contributed by atoms with E-state index in [1.54, 1.807) is 25.1 Å². The number of hydrogen-bond acceptors (Lipinski definition) is 7. The Hall–Kier alpha value is -3.56. The van der Waals surface area contributed by atoms with Crippen molar-refractivity contribution in [3.05, 3.63) is 71.3 Å². The molecular weight excluding hydrogens is 508 g/mol. The highest BCUT2D eigenvalue weighted by Gasteiger charge is 2.37. The van der Waals surface area contributed by atoms with Crippen LogP contribution in [0.15, 0.2) is 48.8 Å². The zero-order valence-corrected chi connectivity index (χ0v) is 24.4. The minimum Gasteiger partial charge on any atom is -0.493 e. The van der Waals surface area contributed by atoms with E-state index in [1.807, 2.05) is 56.4 Å². The molecule has 1 amide bonds. The lowest BCUT2D eigenvalue weighted by Crippen LogP contribution is -2.51. The van der Waals surface area contributed by atoms with Gasteiger partial charge in [-0.05, 0) is 68.1 Å². The molecule has 0 saturated carbocycles. The highest BCUT2D eigenvalue weighted by Crippen LogP contribution is 2.29. The van der Waals surface area contributed by atoms with Gasteiger partial charge in [-0.15, -0.1) is 0 Å². The van der Waals surface area contributed by atoms with E-state index in [1.165, 1.54) is 5.56 Å². The number of imidazole rings is 1.